The van der Waals surface area contributed by atoms with Gasteiger partial charge in [-0.1, -0.05) is 30.3 Å². The molecule has 0 saturated heterocycles. The first-order valence-corrected chi connectivity index (χ1v) is 7.66. The summed E-state index contributed by atoms with van der Waals surface area (Å²) in [6, 6.07) is 13.2. The van der Waals surface area contributed by atoms with Gasteiger partial charge in [0.15, 0.2) is 0 Å². The van der Waals surface area contributed by atoms with Gasteiger partial charge in [0.05, 0.1) is 7.11 Å². The molecule has 1 aromatic carbocycles. The van der Waals surface area contributed by atoms with Crippen molar-refractivity contribution in [1.82, 2.24) is 9.88 Å². The van der Waals surface area contributed by atoms with E-state index in [2.05, 4.69) is 5.32 Å². The molecule has 23 heavy (non-hydrogen) atoms. The molecule has 2 rings (SSSR count). The molecule has 0 aliphatic carbocycles. The number of aromatic nitrogens is 1. The lowest BCUT2D eigenvalue weighted by Gasteiger charge is -2.12. The van der Waals surface area contributed by atoms with Gasteiger partial charge in [-0.3, -0.25) is 9.59 Å². The zero-order valence-electron chi connectivity index (χ0n) is 13.5. The van der Waals surface area contributed by atoms with Crippen molar-refractivity contribution < 1.29 is 9.53 Å². The maximum Gasteiger partial charge on any atom is 0.254 e. The summed E-state index contributed by atoms with van der Waals surface area (Å²) in [7, 11) is 1.53. The third-order valence-corrected chi connectivity index (χ3v) is 3.69. The van der Waals surface area contributed by atoms with Crippen LogP contribution in [0.2, 0.25) is 0 Å². The van der Waals surface area contributed by atoms with Gasteiger partial charge in [0.25, 0.3) is 5.56 Å². The van der Waals surface area contributed by atoms with Gasteiger partial charge in [0.1, 0.15) is 5.75 Å². The number of methoxy groups -OCH3 is 1. The van der Waals surface area contributed by atoms with Crippen molar-refractivity contribution in [3.05, 3.63) is 64.1 Å². The molecule has 0 aliphatic rings. The summed E-state index contributed by atoms with van der Waals surface area (Å²) >= 11 is 0. The Morgan fingerprint density at radius 3 is 2.61 bits per heavy atom. The molecule has 0 atom stereocenters. The standard InChI is InChI=1S/C18H22N2O3/c1-14-12-16(23-2)13-18(22)20(14)11-10-19-17(21)9-8-15-6-4-3-5-7-15/h3-7,12-13H,8-11H2,1-2H3,(H,19,21). The van der Waals surface area contributed by atoms with Crippen LogP contribution >= 0.6 is 0 Å². The largest absolute Gasteiger partial charge is 0.496 e. The van der Waals surface area contributed by atoms with Gasteiger partial charge < -0.3 is 14.6 Å². The van der Waals surface area contributed by atoms with E-state index >= 15 is 0 Å². The van der Waals surface area contributed by atoms with Gasteiger partial charge in [-0.05, 0) is 25.0 Å². The summed E-state index contributed by atoms with van der Waals surface area (Å²) in [5.74, 6) is 0.545. The van der Waals surface area contributed by atoms with Crippen LogP contribution in [0, 0.1) is 6.92 Å². The van der Waals surface area contributed by atoms with Crippen molar-refractivity contribution in [3.8, 4) is 5.75 Å². The molecular weight excluding hydrogens is 292 g/mol. The molecule has 0 fully saturated rings. The van der Waals surface area contributed by atoms with Crippen molar-refractivity contribution in [1.29, 1.82) is 0 Å². The molecule has 1 amide bonds. The lowest BCUT2D eigenvalue weighted by atomic mass is 10.1. The Balaban J connectivity index is 1.81. The minimum absolute atomic E-state index is 0.00642. The zero-order valence-corrected chi connectivity index (χ0v) is 13.5. The highest BCUT2D eigenvalue weighted by Gasteiger charge is 2.05. The van der Waals surface area contributed by atoms with E-state index in [1.165, 1.54) is 13.2 Å². The normalized spacial score (nSPS) is 10.3. The average Bonchev–Trinajstić information content (AvgIpc) is 2.56. The average molecular weight is 314 g/mol. The van der Waals surface area contributed by atoms with E-state index in [1.807, 2.05) is 37.3 Å². The molecule has 1 N–H and O–H groups in total. The number of ether oxygens (including phenoxy) is 1. The molecule has 0 unspecified atom stereocenters. The van der Waals surface area contributed by atoms with Gasteiger partial charge in [0.2, 0.25) is 5.91 Å². The highest BCUT2D eigenvalue weighted by molar-refractivity contribution is 5.76. The Morgan fingerprint density at radius 2 is 1.96 bits per heavy atom. The van der Waals surface area contributed by atoms with Gasteiger partial charge in [0, 0.05) is 31.3 Å². The maximum atomic E-state index is 12.0. The second-order valence-electron chi connectivity index (χ2n) is 5.36. The van der Waals surface area contributed by atoms with Crippen LogP contribution in [-0.2, 0) is 17.8 Å². The van der Waals surface area contributed by atoms with Crippen LogP contribution in [0.1, 0.15) is 17.7 Å². The van der Waals surface area contributed by atoms with E-state index in [0.717, 1.165) is 11.3 Å². The monoisotopic (exact) mass is 314 g/mol. The number of carbonyl (C=O) groups is 1. The number of nitrogens with one attached hydrogen (secondary N) is 1. The number of carbonyl (C=O) groups excluding carboxylic acids is 1. The highest BCUT2D eigenvalue weighted by Crippen LogP contribution is 2.08. The van der Waals surface area contributed by atoms with Crippen LogP contribution in [0.4, 0.5) is 0 Å². The van der Waals surface area contributed by atoms with Crippen molar-refractivity contribution in [2.24, 2.45) is 0 Å². The summed E-state index contributed by atoms with van der Waals surface area (Å²) in [5.41, 5.74) is 1.83. The fourth-order valence-electron chi connectivity index (χ4n) is 2.40. The third-order valence-electron chi connectivity index (χ3n) is 3.69. The maximum absolute atomic E-state index is 12.0. The number of pyridine rings is 1. The SMILES string of the molecule is COc1cc(C)n(CCNC(=O)CCc2ccccc2)c(=O)c1. The van der Waals surface area contributed by atoms with Crippen LogP contribution in [-0.4, -0.2) is 24.1 Å². The topological polar surface area (TPSA) is 60.3 Å². The molecule has 122 valence electrons. The quantitative estimate of drug-likeness (QED) is 0.849. The smallest absolute Gasteiger partial charge is 0.254 e. The molecule has 0 radical (unpaired) electrons. The van der Waals surface area contributed by atoms with Gasteiger partial charge in [-0.25, -0.2) is 0 Å². The fraction of sp³-hybridized carbons (Fsp3) is 0.333. The summed E-state index contributed by atoms with van der Waals surface area (Å²) in [6.45, 7) is 2.73. The third kappa shape index (κ3) is 4.98. The molecule has 2 aromatic rings. The lowest BCUT2D eigenvalue weighted by molar-refractivity contribution is -0.121. The summed E-state index contributed by atoms with van der Waals surface area (Å²) in [4.78, 5) is 23.8. The van der Waals surface area contributed by atoms with Crippen molar-refractivity contribution >= 4 is 5.91 Å². The predicted molar refractivity (Wildman–Crippen MR) is 89.8 cm³/mol. The molecule has 5 nitrogen and oxygen atoms in total. The second-order valence-corrected chi connectivity index (χ2v) is 5.36. The number of rotatable bonds is 7. The Kier molecular flexibility index (Phi) is 5.97. The highest BCUT2D eigenvalue weighted by atomic mass is 16.5. The number of aryl methyl sites for hydroxylation is 2. The van der Waals surface area contributed by atoms with Crippen LogP contribution in [0.25, 0.3) is 0 Å². The first-order chi connectivity index (χ1) is 11.1. The summed E-state index contributed by atoms with van der Waals surface area (Å²) < 4.78 is 6.69. The second kappa shape index (κ2) is 8.17. The van der Waals surface area contributed by atoms with Gasteiger partial charge >= 0.3 is 0 Å². The Hall–Kier alpha value is -2.56. The summed E-state index contributed by atoms with van der Waals surface area (Å²) in [6.07, 6.45) is 1.16. The number of amides is 1. The molecule has 0 spiro atoms. The molecule has 1 aromatic heterocycles. The van der Waals surface area contributed by atoms with E-state index in [4.69, 9.17) is 4.74 Å². The minimum atomic E-state index is -0.125. The van der Waals surface area contributed by atoms with Crippen molar-refractivity contribution in [2.75, 3.05) is 13.7 Å². The molecule has 5 heteroatoms. The number of benzene rings is 1. The Bertz CT molecular complexity index is 708. The van der Waals surface area contributed by atoms with Crippen LogP contribution in [0.15, 0.2) is 47.3 Å². The molecule has 0 saturated carbocycles. The number of nitrogens with zero attached hydrogens (tertiary/aromatic N) is 1. The van der Waals surface area contributed by atoms with Crippen molar-refractivity contribution in [3.63, 3.8) is 0 Å². The zero-order chi connectivity index (χ0) is 16.7. The number of hydrogen-bond acceptors (Lipinski definition) is 3. The Morgan fingerprint density at radius 1 is 1.22 bits per heavy atom. The van der Waals surface area contributed by atoms with E-state index < -0.39 is 0 Å². The molecule has 0 bridgehead atoms. The molecule has 0 aliphatic heterocycles. The summed E-state index contributed by atoms with van der Waals surface area (Å²) in [5, 5.41) is 2.85. The molecule has 1 heterocycles. The van der Waals surface area contributed by atoms with E-state index in [-0.39, 0.29) is 11.5 Å². The number of hydrogen-bond donors (Lipinski definition) is 1. The Labute approximate surface area is 135 Å². The van der Waals surface area contributed by atoms with Crippen LogP contribution in [0.5, 0.6) is 5.75 Å². The van der Waals surface area contributed by atoms with E-state index in [1.54, 1.807) is 10.6 Å². The van der Waals surface area contributed by atoms with Gasteiger partial charge in [-0.2, -0.15) is 0 Å². The molecular formula is C18H22N2O3. The van der Waals surface area contributed by atoms with Crippen LogP contribution < -0.4 is 15.6 Å². The first kappa shape index (κ1) is 16.8. The van der Waals surface area contributed by atoms with E-state index in [0.29, 0.717) is 31.7 Å². The fourth-order valence-corrected chi connectivity index (χ4v) is 2.40. The van der Waals surface area contributed by atoms with Crippen LogP contribution in [0.3, 0.4) is 0 Å². The van der Waals surface area contributed by atoms with Gasteiger partial charge in [-0.15, -0.1) is 0 Å². The minimum Gasteiger partial charge on any atom is -0.496 e. The lowest BCUT2D eigenvalue weighted by Crippen LogP contribution is -2.31. The first-order valence-electron chi connectivity index (χ1n) is 7.66. The predicted octanol–water partition coefficient (Wildman–Crippen LogP) is 1.91. The van der Waals surface area contributed by atoms with Crippen molar-refractivity contribution in [2.45, 2.75) is 26.3 Å². The van der Waals surface area contributed by atoms with E-state index in [9.17, 15) is 9.59 Å².